The van der Waals surface area contributed by atoms with Crippen LogP contribution in [0.3, 0.4) is 0 Å². The van der Waals surface area contributed by atoms with Crippen LogP contribution in [0, 0.1) is 0 Å². The molecule has 0 aromatic carbocycles. The van der Waals surface area contributed by atoms with E-state index in [2.05, 4.69) is 15.3 Å². The number of nitrogens with zero attached hydrogens (tertiary/aromatic N) is 6. The van der Waals surface area contributed by atoms with Crippen LogP contribution in [0.4, 0.5) is 11.9 Å². The first-order valence-corrected chi connectivity index (χ1v) is 11.2. The fraction of sp³-hybridized carbons (Fsp3) is 0.545. The summed E-state index contributed by atoms with van der Waals surface area (Å²) in [7, 11) is 1.75. The molecule has 1 atom stereocenters. The van der Waals surface area contributed by atoms with Crippen molar-refractivity contribution in [2.75, 3.05) is 23.4 Å². The van der Waals surface area contributed by atoms with Gasteiger partial charge in [-0.25, -0.2) is 0 Å². The van der Waals surface area contributed by atoms with Gasteiger partial charge in [0.05, 0.1) is 6.20 Å². The minimum absolute atomic E-state index is 0.0309. The second-order valence-electron chi connectivity index (χ2n) is 8.65. The zero-order chi connectivity index (χ0) is 21.4. The van der Waals surface area contributed by atoms with Crippen molar-refractivity contribution in [2.45, 2.75) is 57.0 Å². The van der Waals surface area contributed by atoms with Gasteiger partial charge in [-0.3, -0.25) is 4.79 Å². The molecule has 0 spiro atoms. The van der Waals surface area contributed by atoms with E-state index in [0.29, 0.717) is 24.4 Å². The van der Waals surface area contributed by atoms with E-state index in [1.165, 1.54) is 24.8 Å². The van der Waals surface area contributed by atoms with E-state index in [1.54, 1.807) is 22.2 Å². The zero-order valence-corrected chi connectivity index (χ0v) is 17.9. The highest BCUT2D eigenvalue weighted by atomic mass is 16.3. The molecule has 0 radical (unpaired) electrons. The number of aliphatic hydroxyl groups is 1. The van der Waals surface area contributed by atoms with Gasteiger partial charge in [-0.2, -0.15) is 19.6 Å². The summed E-state index contributed by atoms with van der Waals surface area (Å²) < 4.78 is 3.37. The van der Waals surface area contributed by atoms with Gasteiger partial charge in [0.1, 0.15) is 0 Å². The monoisotopic (exact) mass is 423 g/mol. The van der Waals surface area contributed by atoms with Gasteiger partial charge in [-0.15, -0.1) is 0 Å². The van der Waals surface area contributed by atoms with Crippen molar-refractivity contribution >= 4 is 17.5 Å². The molecule has 9 heteroatoms. The maximum absolute atomic E-state index is 11.7. The molecule has 4 heterocycles. The molecular weight excluding hydrogens is 394 g/mol. The predicted octanol–water partition coefficient (Wildman–Crippen LogP) is 2.05. The summed E-state index contributed by atoms with van der Waals surface area (Å²) in [5.41, 5.74) is 3.01. The molecule has 3 aromatic rings. The molecule has 2 aliphatic rings. The third kappa shape index (κ3) is 4.01. The highest BCUT2D eigenvalue weighted by Crippen LogP contribution is 2.42. The average molecular weight is 424 g/mol. The number of aliphatic hydroxyl groups excluding tert-OH is 1. The summed E-state index contributed by atoms with van der Waals surface area (Å²) in [6, 6.07) is 3.66. The molecule has 3 aromatic heterocycles. The lowest BCUT2D eigenvalue weighted by atomic mass is 10.0. The molecule has 9 nitrogen and oxygen atoms in total. The van der Waals surface area contributed by atoms with Crippen LogP contribution in [0.25, 0.3) is 5.65 Å². The van der Waals surface area contributed by atoms with E-state index in [1.807, 2.05) is 18.5 Å². The topological polar surface area (TPSA) is 101 Å². The Hall–Kier alpha value is -2.94. The minimum atomic E-state index is -0.0309. The number of nitrogens with one attached hydrogen (secondary N) is 1. The number of aryl methyl sites for hydroxylation is 1. The number of piperidine rings is 1. The Morgan fingerprint density at radius 2 is 2.06 bits per heavy atom. The van der Waals surface area contributed by atoms with Crippen LogP contribution >= 0.6 is 0 Å². The Morgan fingerprint density at radius 1 is 1.19 bits per heavy atom. The van der Waals surface area contributed by atoms with E-state index in [9.17, 15) is 9.90 Å². The van der Waals surface area contributed by atoms with Crippen molar-refractivity contribution in [1.29, 1.82) is 0 Å². The first-order valence-electron chi connectivity index (χ1n) is 11.2. The number of hydrogen-bond acceptors (Lipinski definition) is 7. The molecule has 0 amide bonds. The fourth-order valence-electron chi connectivity index (χ4n) is 4.46. The summed E-state index contributed by atoms with van der Waals surface area (Å²) in [5, 5.41) is 17.5. The molecule has 1 saturated heterocycles. The summed E-state index contributed by atoms with van der Waals surface area (Å²) in [6.07, 6.45) is 10.2. The molecule has 0 unspecified atom stereocenters. The normalized spacial score (nSPS) is 19.2. The predicted molar refractivity (Wildman–Crippen MR) is 118 cm³/mol. The molecule has 31 heavy (non-hydrogen) atoms. The van der Waals surface area contributed by atoms with E-state index < -0.39 is 0 Å². The van der Waals surface area contributed by atoms with Gasteiger partial charge in [0, 0.05) is 50.6 Å². The van der Waals surface area contributed by atoms with Crippen LogP contribution in [-0.2, 0) is 13.6 Å². The maximum atomic E-state index is 11.7. The second kappa shape index (κ2) is 8.30. The van der Waals surface area contributed by atoms with E-state index >= 15 is 0 Å². The summed E-state index contributed by atoms with van der Waals surface area (Å²) >= 11 is 0. The maximum Gasteiger partial charge on any atom is 0.250 e. The number of hydrogen-bond donors (Lipinski definition) is 2. The molecule has 1 aliphatic heterocycles. The highest BCUT2D eigenvalue weighted by molar-refractivity contribution is 5.57. The van der Waals surface area contributed by atoms with Gasteiger partial charge in [0.15, 0.2) is 5.65 Å². The quantitative estimate of drug-likeness (QED) is 0.600. The van der Waals surface area contributed by atoms with Crippen LogP contribution in [0.1, 0.15) is 55.6 Å². The lowest BCUT2D eigenvalue weighted by Gasteiger charge is -2.35. The van der Waals surface area contributed by atoms with Crippen molar-refractivity contribution < 1.29 is 5.11 Å². The Labute approximate surface area is 180 Å². The zero-order valence-electron chi connectivity index (χ0n) is 17.9. The number of rotatable bonds is 7. The van der Waals surface area contributed by atoms with Crippen molar-refractivity contribution in [2.24, 2.45) is 7.05 Å². The van der Waals surface area contributed by atoms with Gasteiger partial charge in [0.25, 0.3) is 0 Å². The molecular formula is C22H29N7O2. The first-order chi connectivity index (χ1) is 15.1. The van der Waals surface area contributed by atoms with Crippen LogP contribution < -0.4 is 15.8 Å². The Morgan fingerprint density at radius 3 is 2.84 bits per heavy atom. The van der Waals surface area contributed by atoms with Crippen molar-refractivity contribution in [1.82, 2.24) is 24.1 Å². The molecule has 5 rings (SSSR count). The van der Waals surface area contributed by atoms with Crippen molar-refractivity contribution in [3.05, 3.63) is 46.0 Å². The van der Waals surface area contributed by atoms with Gasteiger partial charge in [-0.05, 0) is 50.0 Å². The van der Waals surface area contributed by atoms with Gasteiger partial charge in [0.2, 0.25) is 17.5 Å². The molecule has 0 bridgehead atoms. The van der Waals surface area contributed by atoms with Crippen LogP contribution in [0.15, 0.2) is 29.3 Å². The van der Waals surface area contributed by atoms with Gasteiger partial charge >= 0.3 is 0 Å². The molecule has 1 saturated carbocycles. The van der Waals surface area contributed by atoms with Crippen LogP contribution in [0.2, 0.25) is 0 Å². The van der Waals surface area contributed by atoms with Crippen LogP contribution in [0.5, 0.6) is 0 Å². The third-order valence-corrected chi connectivity index (χ3v) is 6.34. The highest BCUT2D eigenvalue weighted by Gasteiger charge is 2.30. The van der Waals surface area contributed by atoms with Crippen molar-refractivity contribution in [3.8, 4) is 0 Å². The van der Waals surface area contributed by atoms with E-state index in [0.717, 1.165) is 37.0 Å². The van der Waals surface area contributed by atoms with Gasteiger partial charge < -0.3 is 19.9 Å². The van der Waals surface area contributed by atoms with E-state index in [4.69, 9.17) is 9.97 Å². The smallest absolute Gasteiger partial charge is 0.250 e. The molecule has 2 fully saturated rings. The second-order valence-corrected chi connectivity index (χ2v) is 8.65. The third-order valence-electron chi connectivity index (χ3n) is 6.34. The minimum Gasteiger partial charge on any atom is -0.396 e. The van der Waals surface area contributed by atoms with E-state index in [-0.39, 0.29) is 18.2 Å². The lowest BCUT2D eigenvalue weighted by molar-refractivity contribution is 0.261. The standard InChI is InChI=1S/C22H29N7O2/c1-27-14-15(5-8-19(27)31)12-23-21-26-22(28-10-3-2-4-17(28)9-11-30)25-20-18(16-6-7-16)13-24-29(20)21/h5,8,13-14,16-17,30H,2-4,6-7,9-12H2,1H3,(H,23,25,26)/t17-/m0/s1. The number of fused-ring (bicyclic) bond motifs is 1. The Balaban J connectivity index is 1.51. The summed E-state index contributed by atoms with van der Waals surface area (Å²) in [6.45, 7) is 1.59. The fourth-order valence-corrected chi connectivity index (χ4v) is 4.46. The average Bonchev–Trinajstić information content (AvgIpc) is 3.53. The van der Waals surface area contributed by atoms with Gasteiger partial charge in [-0.1, -0.05) is 6.07 Å². The number of anilines is 2. The first kappa shape index (κ1) is 20.0. The Kier molecular flexibility index (Phi) is 5.35. The number of pyridine rings is 1. The van der Waals surface area contributed by atoms with Crippen molar-refractivity contribution in [3.63, 3.8) is 0 Å². The largest absolute Gasteiger partial charge is 0.396 e. The summed E-state index contributed by atoms with van der Waals surface area (Å²) in [5.74, 6) is 1.89. The molecule has 1 aliphatic carbocycles. The molecule has 2 N–H and O–H groups in total. The lowest BCUT2D eigenvalue weighted by Crippen LogP contribution is -2.41. The Bertz CT molecular complexity index is 1130. The SMILES string of the molecule is Cn1cc(CNc2nc(N3CCCC[C@H]3CCO)nc3c(C4CC4)cnn23)ccc1=O. The number of aromatic nitrogens is 5. The van der Waals surface area contributed by atoms with Crippen LogP contribution in [-0.4, -0.2) is 48.4 Å². The summed E-state index contributed by atoms with van der Waals surface area (Å²) in [4.78, 5) is 23.7. The molecule has 164 valence electrons.